The molecule has 2 aromatic carbocycles. The molecule has 1 unspecified atom stereocenters. The van der Waals surface area contributed by atoms with Gasteiger partial charge in [0.05, 0.1) is 6.16 Å². The second-order valence-corrected chi connectivity index (χ2v) is 5.68. The fourth-order valence-corrected chi connectivity index (χ4v) is 2.61. The van der Waals surface area contributed by atoms with Gasteiger partial charge in [0.25, 0.3) is 0 Å². The largest absolute Gasteiger partial charge is 1.00 e. The third kappa shape index (κ3) is 5.23. The zero-order valence-corrected chi connectivity index (χ0v) is 14.0. The van der Waals surface area contributed by atoms with Crippen LogP contribution in [0, 0.1) is 0 Å². The average molecular weight is 298 g/mol. The number of hydrogen-bond acceptors (Lipinski definition) is 4. The van der Waals surface area contributed by atoms with Crippen LogP contribution in [0.1, 0.15) is 10.4 Å². The maximum Gasteiger partial charge on any atom is 1.00 e. The van der Waals surface area contributed by atoms with E-state index in [1.54, 1.807) is 48.5 Å². The van der Waals surface area contributed by atoms with Gasteiger partial charge in [-0.05, 0) is 12.1 Å². The first-order valence-corrected chi connectivity index (χ1v) is 7.43. The Labute approximate surface area is 139 Å². The molecular weight excluding hydrogens is 286 g/mol. The summed E-state index contributed by atoms with van der Waals surface area (Å²) in [6.07, 6.45) is -0.647. The second kappa shape index (κ2) is 7.77. The standard InChI is InChI=1S/C14H13O4P.Na/c15-14(12-7-3-1-4-8-12)11-19(16,17)18-13-9-5-2-6-10-13;/h1-10H,11H2,(H,16,17);/q;+1/p-1. The Hall–Kier alpha value is -0.900. The summed E-state index contributed by atoms with van der Waals surface area (Å²) < 4.78 is 16.6. The molecule has 0 aromatic heterocycles. The van der Waals surface area contributed by atoms with Crippen LogP contribution in [-0.4, -0.2) is 11.9 Å². The maximum absolute atomic E-state index is 11.8. The monoisotopic (exact) mass is 298 g/mol. The van der Waals surface area contributed by atoms with E-state index in [1.165, 1.54) is 12.1 Å². The third-order valence-electron chi connectivity index (χ3n) is 2.42. The minimum atomic E-state index is -4.24. The molecule has 2 rings (SSSR count). The van der Waals surface area contributed by atoms with Gasteiger partial charge in [0.2, 0.25) is 0 Å². The first kappa shape index (κ1) is 17.2. The predicted octanol–water partition coefficient (Wildman–Crippen LogP) is -0.494. The van der Waals surface area contributed by atoms with E-state index in [2.05, 4.69) is 0 Å². The van der Waals surface area contributed by atoms with Crippen LogP contribution in [0.15, 0.2) is 60.7 Å². The Morgan fingerprint density at radius 3 is 2.05 bits per heavy atom. The summed E-state index contributed by atoms with van der Waals surface area (Å²) in [5.74, 6) is -0.267. The van der Waals surface area contributed by atoms with E-state index in [0.29, 0.717) is 5.56 Å². The summed E-state index contributed by atoms with van der Waals surface area (Å²) in [7, 11) is -4.24. The van der Waals surface area contributed by atoms with E-state index in [1.807, 2.05) is 0 Å². The first-order chi connectivity index (χ1) is 9.07. The van der Waals surface area contributed by atoms with Gasteiger partial charge in [0.15, 0.2) is 13.4 Å². The number of hydrogen-bond donors (Lipinski definition) is 0. The van der Waals surface area contributed by atoms with Crippen molar-refractivity contribution in [1.29, 1.82) is 0 Å². The number of benzene rings is 2. The Kier molecular flexibility index (Phi) is 6.66. The van der Waals surface area contributed by atoms with Crippen LogP contribution in [0.4, 0.5) is 0 Å². The van der Waals surface area contributed by atoms with E-state index in [-0.39, 0.29) is 35.3 Å². The minimum absolute atomic E-state index is 0. The van der Waals surface area contributed by atoms with Crippen molar-refractivity contribution in [3.63, 3.8) is 0 Å². The van der Waals surface area contributed by atoms with Crippen LogP contribution in [0.2, 0.25) is 0 Å². The molecule has 0 fully saturated rings. The van der Waals surface area contributed by atoms with E-state index < -0.39 is 19.5 Å². The summed E-state index contributed by atoms with van der Waals surface area (Å²) in [4.78, 5) is 23.6. The van der Waals surface area contributed by atoms with Gasteiger partial charge < -0.3 is 9.42 Å². The SMILES string of the molecule is O=C(CP(=O)([O-])Oc1ccccc1)c1ccccc1.[Na+]. The van der Waals surface area contributed by atoms with Crippen molar-refractivity contribution < 1.29 is 48.3 Å². The normalized spacial score (nSPS) is 12.8. The van der Waals surface area contributed by atoms with E-state index in [0.717, 1.165) is 0 Å². The van der Waals surface area contributed by atoms with Gasteiger partial charge >= 0.3 is 29.6 Å². The zero-order valence-electron chi connectivity index (χ0n) is 11.1. The van der Waals surface area contributed by atoms with Crippen LogP contribution in [0.25, 0.3) is 0 Å². The Balaban J connectivity index is 0.00000200. The van der Waals surface area contributed by atoms with Crippen molar-refractivity contribution >= 4 is 13.4 Å². The van der Waals surface area contributed by atoms with Crippen molar-refractivity contribution in [2.45, 2.75) is 0 Å². The van der Waals surface area contributed by atoms with Crippen molar-refractivity contribution in [3.05, 3.63) is 66.2 Å². The van der Waals surface area contributed by atoms with Crippen LogP contribution < -0.4 is 39.0 Å². The molecule has 4 nitrogen and oxygen atoms in total. The summed E-state index contributed by atoms with van der Waals surface area (Å²) >= 11 is 0. The van der Waals surface area contributed by atoms with E-state index >= 15 is 0 Å². The Bertz CT molecular complexity index is 601. The van der Waals surface area contributed by atoms with Gasteiger partial charge in [-0.2, -0.15) is 0 Å². The number of rotatable bonds is 5. The first-order valence-electron chi connectivity index (χ1n) is 5.70. The number of ketones is 1. The predicted molar refractivity (Wildman–Crippen MR) is 70.3 cm³/mol. The van der Waals surface area contributed by atoms with E-state index in [9.17, 15) is 14.3 Å². The van der Waals surface area contributed by atoms with E-state index in [4.69, 9.17) is 4.52 Å². The second-order valence-electron chi connectivity index (χ2n) is 3.96. The Morgan fingerprint density at radius 2 is 1.50 bits per heavy atom. The number of carbonyl (C=O) groups is 1. The van der Waals surface area contributed by atoms with Crippen LogP contribution in [0.5, 0.6) is 5.75 Å². The molecule has 20 heavy (non-hydrogen) atoms. The van der Waals surface area contributed by atoms with Crippen molar-refractivity contribution in [3.8, 4) is 5.75 Å². The van der Waals surface area contributed by atoms with Gasteiger partial charge in [0.1, 0.15) is 5.75 Å². The molecule has 0 heterocycles. The molecule has 0 aliphatic heterocycles. The molecule has 0 radical (unpaired) electrons. The molecule has 2 aromatic rings. The third-order valence-corrected chi connectivity index (χ3v) is 3.58. The van der Waals surface area contributed by atoms with Crippen LogP contribution in [-0.2, 0) is 4.57 Å². The fourth-order valence-electron chi connectivity index (χ4n) is 1.57. The summed E-state index contributed by atoms with van der Waals surface area (Å²) in [6.45, 7) is 0. The zero-order chi connectivity index (χ0) is 13.7. The van der Waals surface area contributed by atoms with Crippen molar-refractivity contribution in [1.82, 2.24) is 0 Å². The summed E-state index contributed by atoms with van der Waals surface area (Å²) in [6, 6.07) is 16.4. The van der Waals surface area contributed by atoms with Gasteiger partial charge in [-0.3, -0.25) is 9.36 Å². The van der Waals surface area contributed by atoms with Crippen molar-refractivity contribution in [2.24, 2.45) is 0 Å². The number of para-hydroxylation sites is 1. The number of carbonyl (C=O) groups excluding carboxylic acids is 1. The van der Waals surface area contributed by atoms with Crippen LogP contribution in [0.3, 0.4) is 0 Å². The quantitative estimate of drug-likeness (QED) is 0.424. The molecule has 0 saturated carbocycles. The maximum atomic E-state index is 11.8. The molecule has 1 atom stereocenters. The molecule has 0 aliphatic rings. The molecule has 0 spiro atoms. The molecule has 6 heteroatoms. The number of Topliss-reactive ketones (excluding diaryl/α,β-unsaturated/α-hetero) is 1. The van der Waals surface area contributed by atoms with Gasteiger partial charge in [-0.1, -0.05) is 48.5 Å². The fraction of sp³-hybridized carbons (Fsp3) is 0.0714. The molecule has 0 saturated heterocycles. The molecule has 0 aliphatic carbocycles. The topological polar surface area (TPSA) is 66.4 Å². The average Bonchev–Trinajstić information content (AvgIpc) is 2.39. The van der Waals surface area contributed by atoms with Crippen LogP contribution >= 0.6 is 7.60 Å². The van der Waals surface area contributed by atoms with Crippen molar-refractivity contribution in [2.75, 3.05) is 6.16 Å². The molecule has 0 bridgehead atoms. The van der Waals surface area contributed by atoms with Gasteiger partial charge in [0, 0.05) is 5.56 Å². The molecule has 98 valence electrons. The molecule has 0 amide bonds. The van der Waals surface area contributed by atoms with Gasteiger partial charge in [-0.25, -0.2) is 0 Å². The van der Waals surface area contributed by atoms with Gasteiger partial charge in [-0.15, -0.1) is 0 Å². The summed E-state index contributed by atoms with van der Waals surface area (Å²) in [5, 5.41) is 0. The summed E-state index contributed by atoms with van der Waals surface area (Å²) in [5.41, 5.74) is 0.357. The molecule has 0 N–H and O–H groups in total. The molecular formula is C14H12NaO4P. The Morgan fingerprint density at radius 1 is 1.00 bits per heavy atom. The minimum Gasteiger partial charge on any atom is -0.769 e. The smallest absolute Gasteiger partial charge is 0.769 e.